The van der Waals surface area contributed by atoms with Crippen LogP contribution in [0.1, 0.15) is 25.6 Å². The number of hydrazine groups is 1. The van der Waals surface area contributed by atoms with Crippen LogP contribution in [0.25, 0.3) is 0 Å². The number of aromatic nitrogens is 2. The van der Waals surface area contributed by atoms with E-state index in [9.17, 15) is 0 Å². The van der Waals surface area contributed by atoms with Crippen LogP contribution in [0.4, 0.5) is 11.6 Å². The van der Waals surface area contributed by atoms with Gasteiger partial charge >= 0.3 is 0 Å². The average Bonchev–Trinajstić information content (AvgIpc) is 3.21. The van der Waals surface area contributed by atoms with Crippen LogP contribution >= 0.6 is 0 Å². The second kappa shape index (κ2) is 5.49. The largest absolute Gasteiger partial charge is 0.377 e. The minimum atomic E-state index is 0.383. The quantitative estimate of drug-likeness (QED) is 0.583. The van der Waals surface area contributed by atoms with E-state index in [2.05, 4.69) is 34.3 Å². The summed E-state index contributed by atoms with van der Waals surface area (Å²) in [4.78, 5) is 10.9. The lowest BCUT2D eigenvalue weighted by molar-refractivity contribution is 0.178. The highest BCUT2D eigenvalue weighted by atomic mass is 16.5. The van der Waals surface area contributed by atoms with E-state index in [-0.39, 0.29) is 0 Å². The lowest BCUT2D eigenvalue weighted by Gasteiger charge is -2.26. The van der Waals surface area contributed by atoms with Gasteiger partial charge in [-0.25, -0.2) is 15.8 Å². The zero-order valence-corrected chi connectivity index (χ0v) is 11.2. The number of nitrogens with zero attached hydrogens (tertiary/aromatic N) is 3. The highest BCUT2D eigenvalue weighted by Crippen LogP contribution is 2.36. The minimum absolute atomic E-state index is 0.383. The predicted molar refractivity (Wildman–Crippen MR) is 71.1 cm³/mol. The van der Waals surface area contributed by atoms with Crippen LogP contribution in [0, 0.1) is 5.92 Å². The molecule has 1 unspecified atom stereocenters. The van der Waals surface area contributed by atoms with Gasteiger partial charge in [-0.05, 0) is 25.7 Å². The Morgan fingerprint density at radius 2 is 2.28 bits per heavy atom. The Balaban J connectivity index is 2.21. The predicted octanol–water partition coefficient (Wildman–Crippen LogP) is 1.14. The molecule has 1 aliphatic rings. The highest BCUT2D eigenvalue weighted by molar-refractivity contribution is 5.49. The molecule has 0 aromatic carbocycles. The summed E-state index contributed by atoms with van der Waals surface area (Å²) in [6.07, 6.45) is 2.62. The first-order valence-electron chi connectivity index (χ1n) is 6.22. The molecular formula is C12H21N5O. The molecule has 0 spiro atoms. The summed E-state index contributed by atoms with van der Waals surface area (Å²) in [5.74, 6) is 8.34. The first-order valence-corrected chi connectivity index (χ1v) is 6.22. The molecule has 6 heteroatoms. The van der Waals surface area contributed by atoms with Crippen molar-refractivity contribution in [3.05, 3.63) is 11.9 Å². The van der Waals surface area contributed by atoms with Gasteiger partial charge in [0.05, 0.1) is 0 Å². The van der Waals surface area contributed by atoms with Gasteiger partial charge in [0.15, 0.2) is 5.82 Å². The summed E-state index contributed by atoms with van der Waals surface area (Å²) in [7, 11) is 3.68. The van der Waals surface area contributed by atoms with Crippen molar-refractivity contribution in [2.24, 2.45) is 11.8 Å². The number of nitrogens with two attached hydrogens (primary N) is 1. The molecule has 1 aliphatic carbocycles. The molecule has 1 atom stereocenters. The zero-order chi connectivity index (χ0) is 13.1. The molecule has 2 rings (SSSR count). The van der Waals surface area contributed by atoms with Crippen molar-refractivity contribution in [2.75, 3.05) is 24.5 Å². The molecule has 0 aliphatic heterocycles. The number of rotatable bonds is 6. The summed E-state index contributed by atoms with van der Waals surface area (Å²) in [5, 5.41) is 0. The van der Waals surface area contributed by atoms with E-state index in [1.165, 1.54) is 12.8 Å². The number of methoxy groups -OCH3 is 1. The van der Waals surface area contributed by atoms with Crippen molar-refractivity contribution < 1.29 is 4.74 Å². The van der Waals surface area contributed by atoms with Crippen molar-refractivity contribution in [1.82, 2.24) is 9.97 Å². The van der Waals surface area contributed by atoms with Gasteiger partial charge in [-0.3, -0.25) is 0 Å². The van der Waals surface area contributed by atoms with Crippen LogP contribution in [0.3, 0.4) is 0 Å². The molecular weight excluding hydrogens is 230 g/mol. The molecule has 0 radical (unpaired) electrons. The Morgan fingerprint density at radius 3 is 2.83 bits per heavy atom. The van der Waals surface area contributed by atoms with E-state index in [0.29, 0.717) is 24.3 Å². The van der Waals surface area contributed by atoms with Crippen molar-refractivity contribution in [2.45, 2.75) is 32.4 Å². The molecule has 0 bridgehead atoms. The smallest absolute Gasteiger partial charge is 0.158 e. The van der Waals surface area contributed by atoms with E-state index >= 15 is 0 Å². The number of ether oxygens (including phenoxy) is 1. The number of hydrogen-bond acceptors (Lipinski definition) is 6. The summed E-state index contributed by atoms with van der Waals surface area (Å²) < 4.78 is 5.07. The maximum Gasteiger partial charge on any atom is 0.158 e. The van der Waals surface area contributed by atoms with Gasteiger partial charge in [-0.1, -0.05) is 0 Å². The second-order valence-corrected chi connectivity index (χ2v) is 4.79. The van der Waals surface area contributed by atoms with Gasteiger partial charge in [0.2, 0.25) is 0 Å². The molecule has 1 heterocycles. The van der Waals surface area contributed by atoms with Crippen LogP contribution in [0.5, 0.6) is 0 Å². The van der Waals surface area contributed by atoms with Gasteiger partial charge in [-0.2, -0.15) is 0 Å². The normalized spacial score (nSPS) is 16.4. The first-order chi connectivity index (χ1) is 8.65. The summed E-state index contributed by atoms with van der Waals surface area (Å²) >= 11 is 0. The maximum absolute atomic E-state index is 5.43. The summed E-state index contributed by atoms with van der Waals surface area (Å²) in [5.41, 5.74) is 2.57. The molecule has 100 valence electrons. The molecule has 0 saturated heterocycles. The number of hydrogen-bond donors (Lipinski definition) is 2. The highest BCUT2D eigenvalue weighted by Gasteiger charge is 2.31. The first kappa shape index (κ1) is 13.0. The standard InChI is InChI=1S/C12H21N5O/c1-8(9-4-5-9)17(2)12-6-10(16-13)14-11(15-12)7-18-3/h6,8-9H,4-5,7,13H2,1-3H3,(H,14,15,16). The van der Waals surface area contributed by atoms with Gasteiger partial charge in [0, 0.05) is 26.3 Å². The lowest BCUT2D eigenvalue weighted by atomic mass is 10.2. The molecule has 18 heavy (non-hydrogen) atoms. The number of nitrogen functional groups attached to an aromatic ring is 1. The number of anilines is 2. The Hall–Kier alpha value is -1.40. The fraction of sp³-hybridized carbons (Fsp3) is 0.667. The SMILES string of the molecule is COCc1nc(NN)cc(N(C)C(C)C2CC2)n1. The maximum atomic E-state index is 5.43. The van der Waals surface area contributed by atoms with Crippen molar-refractivity contribution in [3.8, 4) is 0 Å². The van der Waals surface area contributed by atoms with Crippen LogP contribution in [0.2, 0.25) is 0 Å². The van der Waals surface area contributed by atoms with Crippen LogP contribution in [0.15, 0.2) is 6.07 Å². The van der Waals surface area contributed by atoms with Crippen LogP contribution in [-0.2, 0) is 11.3 Å². The van der Waals surface area contributed by atoms with E-state index in [1.807, 2.05) is 6.07 Å². The van der Waals surface area contributed by atoms with E-state index < -0.39 is 0 Å². The van der Waals surface area contributed by atoms with Gasteiger partial charge in [-0.15, -0.1) is 0 Å². The fourth-order valence-electron chi connectivity index (χ4n) is 2.03. The third-order valence-electron chi connectivity index (χ3n) is 3.46. The zero-order valence-electron chi connectivity index (χ0n) is 11.2. The van der Waals surface area contributed by atoms with Gasteiger partial charge in [0.1, 0.15) is 18.2 Å². The topological polar surface area (TPSA) is 76.3 Å². The Morgan fingerprint density at radius 1 is 1.56 bits per heavy atom. The van der Waals surface area contributed by atoms with Crippen LogP contribution < -0.4 is 16.2 Å². The van der Waals surface area contributed by atoms with E-state index in [4.69, 9.17) is 10.6 Å². The molecule has 1 saturated carbocycles. The third-order valence-corrected chi connectivity index (χ3v) is 3.46. The summed E-state index contributed by atoms with van der Waals surface area (Å²) in [6, 6.07) is 2.35. The van der Waals surface area contributed by atoms with Crippen molar-refractivity contribution in [1.29, 1.82) is 0 Å². The molecule has 3 N–H and O–H groups in total. The second-order valence-electron chi connectivity index (χ2n) is 4.79. The fourth-order valence-corrected chi connectivity index (χ4v) is 2.03. The number of nitrogens with one attached hydrogen (secondary N) is 1. The van der Waals surface area contributed by atoms with Gasteiger partial charge < -0.3 is 15.1 Å². The lowest BCUT2D eigenvalue weighted by Crippen LogP contribution is -2.31. The van der Waals surface area contributed by atoms with E-state index in [0.717, 1.165) is 11.7 Å². The van der Waals surface area contributed by atoms with Gasteiger partial charge in [0.25, 0.3) is 0 Å². The molecule has 1 aromatic rings. The summed E-state index contributed by atoms with van der Waals surface area (Å²) in [6.45, 7) is 2.61. The molecule has 0 amide bonds. The van der Waals surface area contributed by atoms with E-state index in [1.54, 1.807) is 7.11 Å². The third kappa shape index (κ3) is 2.88. The van der Waals surface area contributed by atoms with Crippen LogP contribution in [-0.4, -0.2) is 30.2 Å². The monoisotopic (exact) mass is 251 g/mol. The van der Waals surface area contributed by atoms with Crippen molar-refractivity contribution >= 4 is 11.6 Å². The molecule has 6 nitrogen and oxygen atoms in total. The average molecular weight is 251 g/mol. The Bertz CT molecular complexity index is 407. The van der Waals surface area contributed by atoms with Crippen molar-refractivity contribution in [3.63, 3.8) is 0 Å². The Kier molecular flexibility index (Phi) is 3.98. The molecule has 1 fully saturated rings. The molecule has 1 aromatic heterocycles. The Labute approximate surface area is 108 Å². The minimum Gasteiger partial charge on any atom is -0.377 e.